The monoisotopic (exact) mass is 368 g/mol. The minimum Gasteiger partial charge on any atom is -0.466 e. The lowest BCUT2D eigenvalue weighted by molar-refractivity contribution is -0.142. The number of rotatable bonds is 7. The molecule has 0 bridgehead atoms. The second-order valence-electron chi connectivity index (χ2n) is 6.53. The maximum absolute atomic E-state index is 13.3. The van der Waals surface area contributed by atoms with Crippen molar-refractivity contribution in [2.24, 2.45) is 5.92 Å². The van der Waals surface area contributed by atoms with Crippen molar-refractivity contribution >= 4 is 12.0 Å². The van der Waals surface area contributed by atoms with Crippen LogP contribution in [0.5, 0.6) is 0 Å². The van der Waals surface area contributed by atoms with Gasteiger partial charge in [0.15, 0.2) is 11.6 Å². The van der Waals surface area contributed by atoms with Gasteiger partial charge in [0, 0.05) is 19.6 Å². The Morgan fingerprint density at radius 2 is 2.12 bits per heavy atom. The Balaban J connectivity index is 1.74. The van der Waals surface area contributed by atoms with Crippen LogP contribution in [0.25, 0.3) is 0 Å². The molecule has 0 aliphatic carbocycles. The number of hydrogen-bond acceptors (Lipinski definition) is 3. The van der Waals surface area contributed by atoms with Crippen molar-refractivity contribution in [3.8, 4) is 0 Å². The number of urea groups is 1. The summed E-state index contributed by atoms with van der Waals surface area (Å²) in [6.45, 7) is 3.65. The zero-order valence-corrected chi connectivity index (χ0v) is 15.1. The molecule has 1 aliphatic heterocycles. The van der Waals surface area contributed by atoms with Crippen LogP contribution in [0.1, 0.15) is 38.2 Å². The number of ether oxygens (including phenoxy) is 1. The molecule has 0 saturated carbocycles. The molecule has 7 heteroatoms. The van der Waals surface area contributed by atoms with E-state index in [9.17, 15) is 18.4 Å². The molecule has 0 unspecified atom stereocenters. The number of carbonyl (C=O) groups excluding carboxylic acids is 2. The fourth-order valence-corrected chi connectivity index (χ4v) is 3.17. The van der Waals surface area contributed by atoms with Crippen molar-refractivity contribution in [1.29, 1.82) is 0 Å². The second-order valence-corrected chi connectivity index (χ2v) is 6.53. The summed E-state index contributed by atoms with van der Waals surface area (Å²) in [6.07, 6.45) is 3.55. The van der Waals surface area contributed by atoms with Crippen LogP contribution in [0.3, 0.4) is 0 Å². The number of nitrogens with one attached hydrogen (secondary N) is 1. The number of aryl methyl sites for hydroxylation is 1. The average molecular weight is 368 g/mol. The zero-order valence-electron chi connectivity index (χ0n) is 15.1. The number of carbonyl (C=O) groups is 2. The molecule has 1 aromatic carbocycles. The predicted molar refractivity (Wildman–Crippen MR) is 93.6 cm³/mol. The highest BCUT2D eigenvalue weighted by Gasteiger charge is 2.23. The first kappa shape index (κ1) is 20.1. The van der Waals surface area contributed by atoms with Gasteiger partial charge in [-0.2, -0.15) is 0 Å². The van der Waals surface area contributed by atoms with Gasteiger partial charge in [-0.05, 0) is 56.2 Å². The molecule has 1 aromatic rings. The molecule has 0 spiro atoms. The lowest BCUT2D eigenvalue weighted by Gasteiger charge is -2.33. The standard InChI is InChI=1S/C19H26F2N2O3/c1-2-26-18(24)9-10-22-19(25)23-11-3-4-15(13-23)6-5-14-7-8-16(20)17(21)12-14/h7-8,12,15H,2-6,9-11,13H2,1H3,(H,22,25)/t15-/m1/s1. The third-order valence-corrected chi connectivity index (χ3v) is 4.54. The van der Waals surface area contributed by atoms with Gasteiger partial charge in [0.05, 0.1) is 13.0 Å². The normalized spacial score (nSPS) is 17.0. The topological polar surface area (TPSA) is 58.6 Å². The van der Waals surface area contributed by atoms with Crippen LogP contribution < -0.4 is 5.32 Å². The van der Waals surface area contributed by atoms with Crippen LogP contribution in [-0.4, -0.2) is 43.1 Å². The molecule has 1 heterocycles. The second kappa shape index (κ2) is 10.1. The Kier molecular flexibility index (Phi) is 7.81. The summed E-state index contributed by atoms with van der Waals surface area (Å²) in [5, 5.41) is 2.74. The van der Waals surface area contributed by atoms with Crippen molar-refractivity contribution in [2.45, 2.75) is 39.0 Å². The van der Waals surface area contributed by atoms with E-state index in [1.54, 1.807) is 17.9 Å². The Morgan fingerprint density at radius 3 is 2.85 bits per heavy atom. The molecule has 1 aliphatic rings. The van der Waals surface area contributed by atoms with E-state index in [2.05, 4.69) is 5.32 Å². The van der Waals surface area contributed by atoms with E-state index in [1.165, 1.54) is 6.07 Å². The molecule has 1 atom stereocenters. The fraction of sp³-hybridized carbons (Fsp3) is 0.579. The van der Waals surface area contributed by atoms with Gasteiger partial charge < -0.3 is 15.0 Å². The Hall–Kier alpha value is -2.18. The SMILES string of the molecule is CCOC(=O)CCNC(=O)N1CCC[C@H](CCc2ccc(F)c(F)c2)C1. The molecular weight excluding hydrogens is 342 g/mol. The highest BCUT2D eigenvalue weighted by atomic mass is 19.2. The first-order valence-electron chi connectivity index (χ1n) is 9.12. The quantitative estimate of drug-likeness (QED) is 0.752. The Bertz CT molecular complexity index is 625. The molecule has 0 aromatic heterocycles. The van der Waals surface area contributed by atoms with Crippen molar-refractivity contribution in [1.82, 2.24) is 10.2 Å². The molecule has 1 N–H and O–H groups in total. The molecule has 1 saturated heterocycles. The van der Waals surface area contributed by atoms with Crippen LogP contribution in [-0.2, 0) is 16.0 Å². The first-order valence-corrected chi connectivity index (χ1v) is 9.12. The minimum absolute atomic E-state index is 0.160. The summed E-state index contributed by atoms with van der Waals surface area (Å²) in [5.74, 6) is -1.66. The smallest absolute Gasteiger partial charge is 0.317 e. The lowest BCUT2D eigenvalue weighted by atomic mass is 9.92. The maximum Gasteiger partial charge on any atom is 0.317 e. The van der Waals surface area contributed by atoms with Crippen molar-refractivity contribution in [2.75, 3.05) is 26.2 Å². The van der Waals surface area contributed by atoms with Crippen molar-refractivity contribution in [3.05, 3.63) is 35.4 Å². The number of piperidine rings is 1. The van der Waals surface area contributed by atoms with Gasteiger partial charge in [0.2, 0.25) is 0 Å². The third kappa shape index (κ3) is 6.28. The maximum atomic E-state index is 13.3. The molecule has 0 radical (unpaired) electrons. The molecule has 26 heavy (non-hydrogen) atoms. The van der Waals surface area contributed by atoms with E-state index in [4.69, 9.17) is 4.74 Å². The highest BCUT2D eigenvalue weighted by molar-refractivity contribution is 5.75. The zero-order chi connectivity index (χ0) is 18.9. The summed E-state index contributed by atoms with van der Waals surface area (Å²) >= 11 is 0. The van der Waals surface area contributed by atoms with Gasteiger partial charge in [-0.3, -0.25) is 4.79 Å². The summed E-state index contributed by atoms with van der Waals surface area (Å²) in [4.78, 5) is 25.2. The van der Waals surface area contributed by atoms with Gasteiger partial charge in [-0.25, -0.2) is 13.6 Å². The van der Waals surface area contributed by atoms with Crippen LogP contribution in [0.4, 0.5) is 13.6 Å². The first-order chi connectivity index (χ1) is 12.5. The number of halogens is 2. The average Bonchev–Trinajstić information content (AvgIpc) is 2.63. The Labute approximate surface area is 152 Å². The van der Waals surface area contributed by atoms with Gasteiger partial charge >= 0.3 is 12.0 Å². The van der Waals surface area contributed by atoms with Crippen LogP contribution in [0.15, 0.2) is 18.2 Å². The fourth-order valence-electron chi connectivity index (χ4n) is 3.17. The number of likely N-dealkylation sites (tertiary alicyclic amines) is 1. The largest absolute Gasteiger partial charge is 0.466 e. The predicted octanol–water partition coefficient (Wildman–Crippen LogP) is 3.27. The summed E-state index contributed by atoms with van der Waals surface area (Å²) < 4.78 is 31.1. The number of hydrogen-bond donors (Lipinski definition) is 1. The van der Waals surface area contributed by atoms with E-state index in [0.29, 0.717) is 32.0 Å². The lowest BCUT2D eigenvalue weighted by Crippen LogP contribution is -2.46. The Morgan fingerprint density at radius 1 is 1.31 bits per heavy atom. The van der Waals surface area contributed by atoms with Gasteiger partial charge in [0.1, 0.15) is 0 Å². The van der Waals surface area contributed by atoms with E-state index in [1.807, 2.05) is 0 Å². The van der Waals surface area contributed by atoms with Gasteiger partial charge in [-0.1, -0.05) is 6.07 Å². The summed E-state index contributed by atoms with van der Waals surface area (Å²) in [7, 11) is 0. The van der Waals surface area contributed by atoms with E-state index in [0.717, 1.165) is 30.9 Å². The molecule has 2 rings (SSSR count). The van der Waals surface area contributed by atoms with E-state index < -0.39 is 11.6 Å². The van der Waals surface area contributed by atoms with Crippen molar-refractivity contribution < 1.29 is 23.1 Å². The molecule has 144 valence electrons. The minimum atomic E-state index is -0.836. The number of esters is 1. The summed E-state index contributed by atoms with van der Waals surface area (Å²) in [5.41, 5.74) is 0.764. The molecule has 5 nitrogen and oxygen atoms in total. The van der Waals surface area contributed by atoms with Crippen LogP contribution in [0, 0.1) is 17.6 Å². The molecule has 1 fully saturated rings. The van der Waals surface area contributed by atoms with Gasteiger partial charge in [0.25, 0.3) is 0 Å². The summed E-state index contributed by atoms with van der Waals surface area (Å²) in [6, 6.07) is 3.81. The molecule has 2 amide bonds. The third-order valence-electron chi connectivity index (χ3n) is 4.54. The highest BCUT2D eigenvalue weighted by Crippen LogP contribution is 2.22. The van der Waals surface area contributed by atoms with Crippen LogP contribution in [0.2, 0.25) is 0 Å². The van der Waals surface area contributed by atoms with Crippen molar-refractivity contribution in [3.63, 3.8) is 0 Å². The molecular formula is C19H26F2N2O3. The number of amides is 2. The van der Waals surface area contributed by atoms with Gasteiger partial charge in [-0.15, -0.1) is 0 Å². The van der Waals surface area contributed by atoms with E-state index in [-0.39, 0.29) is 25.0 Å². The van der Waals surface area contributed by atoms with E-state index >= 15 is 0 Å². The number of benzene rings is 1. The number of nitrogens with zero attached hydrogens (tertiary/aromatic N) is 1. The van der Waals surface area contributed by atoms with Crippen LogP contribution >= 0.6 is 0 Å².